The number of aromatic nitrogens is 4. The van der Waals surface area contributed by atoms with E-state index in [0.29, 0.717) is 0 Å². The third-order valence-corrected chi connectivity index (χ3v) is 5.15. The van der Waals surface area contributed by atoms with Crippen LogP contribution in [-0.2, 0) is 18.2 Å². The number of rotatable bonds is 4. The Kier molecular flexibility index (Phi) is 10.5. The number of H-pyrrole nitrogens is 1. The number of nitrogens with two attached hydrogens (primary N) is 2. The second-order valence-corrected chi connectivity index (χ2v) is 8.65. The molecule has 1 aliphatic heterocycles. The number of aromatic amines is 1. The minimum absolute atomic E-state index is 0.138. The van der Waals surface area contributed by atoms with E-state index in [4.69, 9.17) is 40.9 Å². The van der Waals surface area contributed by atoms with Gasteiger partial charge in [-0.05, 0) is 12.1 Å². The summed E-state index contributed by atoms with van der Waals surface area (Å²) in [4.78, 5) is 61.9. The van der Waals surface area contributed by atoms with Crippen LogP contribution in [0.5, 0.6) is 0 Å². The van der Waals surface area contributed by atoms with Gasteiger partial charge < -0.3 is 51.0 Å². The first-order valence-corrected chi connectivity index (χ1v) is 11.6. The predicted octanol–water partition coefficient (Wildman–Crippen LogP) is -2.99. The summed E-state index contributed by atoms with van der Waals surface area (Å²) in [7, 11) is -10.1. The summed E-state index contributed by atoms with van der Waals surface area (Å²) in [5.41, 5.74) is 9.54. The summed E-state index contributed by atoms with van der Waals surface area (Å²) >= 11 is 0. The summed E-state index contributed by atoms with van der Waals surface area (Å²) < 4.78 is 28.8. The summed E-state index contributed by atoms with van der Waals surface area (Å²) in [6, 6.07) is 2.99. The molecule has 0 aromatic carbocycles. The van der Waals surface area contributed by atoms with Crippen LogP contribution in [0.3, 0.4) is 0 Å². The van der Waals surface area contributed by atoms with Gasteiger partial charge in [-0.25, -0.2) is 18.7 Å². The van der Waals surface area contributed by atoms with Crippen molar-refractivity contribution in [3.63, 3.8) is 0 Å². The van der Waals surface area contributed by atoms with Crippen LogP contribution in [0, 0.1) is 0 Å². The van der Waals surface area contributed by atoms with E-state index in [9.17, 15) is 23.8 Å². The van der Waals surface area contributed by atoms with E-state index in [2.05, 4.69) is 19.3 Å². The number of phosphoric acid groups is 2. The van der Waals surface area contributed by atoms with Crippen LogP contribution >= 0.6 is 15.6 Å². The minimum atomic E-state index is -5.05. The van der Waals surface area contributed by atoms with Crippen LogP contribution in [0.2, 0.25) is 0 Å². The van der Waals surface area contributed by atoms with E-state index in [1.54, 1.807) is 0 Å². The van der Waals surface area contributed by atoms with Crippen LogP contribution in [-0.4, -0.2) is 68.1 Å². The number of ether oxygens (including phenoxy) is 1. The Hall–Kier alpha value is -2.50. The maximum absolute atomic E-state index is 11.5. The number of anilines is 2. The van der Waals surface area contributed by atoms with E-state index < -0.39 is 45.5 Å². The molecule has 3 rings (SSSR count). The van der Waals surface area contributed by atoms with Crippen molar-refractivity contribution in [2.75, 3.05) is 18.1 Å². The second kappa shape index (κ2) is 12.1. The van der Waals surface area contributed by atoms with Crippen molar-refractivity contribution >= 4 is 27.3 Å². The lowest BCUT2D eigenvalue weighted by Gasteiger charge is -2.13. The molecular weight excluding hydrogens is 494 g/mol. The molecule has 0 aliphatic carbocycles. The predicted molar refractivity (Wildman–Crippen MR) is 109 cm³/mol. The van der Waals surface area contributed by atoms with Gasteiger partial charge in [0.05, 0.1) is 12.7 Å². The van der Waals surface area contributed by atoms with Crippen LogP contribution < -0.4 is 22.8 Å². The molecule has 1 saturated heterocycles. The number of nitrogen functional groups attached to an aromatic ring is 2. The molecule has 0 bridgehead atoms. The number of nitrogens with zero attached hydrogens (tertiary/aromatic N) is 3. The summed E-state index contributed by atoms with van der Waals surface area (Å²) in [5, 5.41) is 18.4. The topological polar surface area (TPSA) is 307 Å². The Labute approximate surface area is 184 Å². The normalized spacial score (nSPS) is 20.2. The van der Waals surface area contributed by atoms with Crippen molar-refractivity contribution in [1.29, 1.82) is 0 Å². The molecule has 1 aliphatic rings. The Morgan fingerprint density at radius 3 is 2.06 bits per heavy atom. The molecule has 1 fully saturated rings. The molecule has 3 atom stereocenters. The highest BCUT2D eigenvalue weighted by Crippen LogP contribution is 2.53. The number of hydrogen-bond donors (Lipinski definition) is 9. The SMILES string of the molecule is Nc1cc[nH]c(=O)n1.Nc1ccn([C@H]2C[C@H](O)[C@@H](CO)O2)c(=O)n1.O=P(O)(O)OP(=O)(O)O. The quantitative estimate of drug-likeness (QED) is 0.183. The van der Waals surface area contributed by atoms with Gasteiger partial charge in [-0.2, -0.15) is 14.3 Å². The average Bonchev–Trinajstić information content (AvgIpc) is 3.00. The van der Waals surface area contributed by atoms with Crippen LogP contribution in [0.15, 0.2) is 34.1 Å². The Balaban J connectivity index is 0.000000273. The Morgan fingerprint density at radius 1 is 1.12 bits per heavy atom. The first kappa shape index (κ1) is 28.5. The highest BCUT2D eigenvalue weighted by Gasteiger charge is 2.34. The fraction of sp³-hybridized carbons (Fsp3) is 0.385. The first-order valence-electron chi connectivity index (χ1n) is 8.54. The molecule has 186 valence electrons. The van der Waals surface area contributed by atoms with Gasteiger partial charge in [-0.15, -0.1) is 0 Å². The molecule has 3 heterocycles. The lowest BCUT2D eigenvalue weighted by Crippen LogP contribution is -2.27. The van der Waals surface area contributed by atoms with Gasteiger partial charge in [0.15, 0.2) is 0 Å². The van der Waals surface area contributed by atoms with Crippen molar-refractivity contribution in [1.82, 2.24) is 19.5 Å². The standard InChI is InChI=1S/C9H13N3O4.C4H5N3O.H4O7P2/c10-7-1-2-12(9(15)11-7)8-3-5(14)6(4-13)16-8;5-3-1-2-6-4(8)7-3;1-8(2,3)7-9(4,5)6/h1-2,5-6,8,13-14H,3-4H2,(H2,10,11,15);1-2H,(H3,5,6,7,8);(H2,1,2,3)(H2,4,5,6)/t5-,6+,8+;;/m0../s1. The fourth-order valence-corrected chi connectivity index (χ4v) is 3.33. The van der Waals surface area contributed by atoms with E-state index in [0.717, 1.165) is 0 Å². The molecule has 18 nitrogen and oxygen atoms in total. The van der Waals surface area contributed by atoms with Gasteiger partial charge in [0.2, 0.25) is 0 Å². The highest BCUT2D eigenvalue weighted by atomic mass is 31.3. The molecule has 0 amide bonds. The molecular formula is C13H22N6O12P2. The monoisotopic (exact) mass is 516 g/mol. The maximum Gasteiger partial charge on any atom is 0.478 e. The lowest BCUT2D eigenvalue weighted by atomic mass is 10.2. The van der Waals surface area contributed by atoms with E-state index >= 15 is 0 Å². The van der Waals surface area contributed by atoms with Crippen molar-refractivity contribution in [2.45, 2.75) is 24.9 Å². The smallest absolute Gasteiger partial charge is 0.394 e. The van der Waals surface area contributed by atoms with Gasteiger partial charge in [-0.1, -0.05) is 0 Å². The molecule has 33 heavy (non-hydrogen) atoms. The molecule has 20 heteroatoms. The van der Waals surface area contributed by atoms with Crippen LogP contribution in [0.1, 0.15) is 12.6 Å². The number of hydrogen-bond acceptors (Lipinski definition) is 12. The molecule has 0 radical (unpaired) electrons. The molecule has 0 saturated carbocycles. The third-order valence-electron chi connectivity index (χ3n) is 3.45. The van der Waals surface area contributed by atoms with Crippen LogP contribution in [0.25, 0.3) is 0 Å². The van der Waals surface area contributed by atoms with Gasteiger partial charge >= 0.3 is 27.0 Å². The lowest BCUT2D eigenvalue weighted by molar-refractivity contribution is -0.0458. The van der Waals surface area contributed by atoms with Crippen molar-refractivity contribution in [3.05, 3.63) is 45.5 Å². The molecule has 2 aromatic heterocycles. The van der Waals surface area contributed by atoms with Gasteiger partial charge in [0.1, 0.15) is 24.0 Å². The maximum atomic E-state index is 11.5. The van der Waals surface area contributed by atoms with Crippen LogP contribution in [0.4, 0.5) is 11.6 Å². The Bertz CT molecular complexity index is 1090. The molecule has 11 N–H and O–H groups in total. The molecule has 2 aromatic rings. The van der Waals surface area contributed by atoms with E-state index in [-0.39, 0.29) is 24.7 Å². The largest absolute Gasteiger partial charge is 0.478 e. The number of nitrogens with one attached hydrogen (secondary N) is 1. The zero-order valence-corrected chi connectivity index (χ0v) is 18.3. The van der Waals surface area contributed by atoms with E-state index in [1.165, 1.54) is 29.1 Å². The van der Waals surface area contributed by atoms with Gasteiger partial charge in [0.25, 0.3) is 0 Å². The third kappa shape index (κ3) is 11.3. The molecule has 0 unspecified atom stereocenters. The zero-order chi connectivity index (χ0) is 25.4. The van der Waals surface area contributed by atoms with Gasteiger partial charge in [-0.3, -0.25) is 4.57 Å². The number of aliphatic hydroxyl groups is 2. The van der Waals surface area contributed by atoms with Gasteiger partial charge in [0, 0.05) is 18.8 Å². The number of aliphatic hydroxyl groups excluding tert-OH is 2. The van der Waals surface area contributed by atoms with E-state index in [1.807, 2.05) is 0 Å². The zero-order valence-electron chi connectivity index (χ0n) is 16.5. The average molecular weight is 516 g/mol. The van der Waals surface area contributed by atoms with Crippen molar-refractivity contribution in [2.24, 2.45) is 0 Å². The summed E-state index contributed by atoms with van der Waals surface area (Å²) in [5.74, 6) is 0.382. The highest BCUT2D eigenvalue weighted by molar-refractivity contribution is 7.60. The summed E-state index contributed by atoms with van der Waals surface area (Å²) in [6.07, 6.45) is 1.12. The Morgan fingerprint density at radius 2 is 1.70 bits per heavy atom. The first-order chi connectivity index (χ1) is 15.1. The van der Waals surface area contributed by atoms with Crippen molar-refractivity contribution in [3.8, 4) is 0 Å². The summed E-state index contributed by atoms with van der Waals surface area (Å²) in [6.45, 7) is -0.283. The minimum Gasteiger partial charge on any atom is -0.394 e. The molecule has 0 spiro atoms. The van der Waals surface area contributed by atoms with Crippen molar-refractivity contribution < 1.29 is 48.0 Å². The fourth-order valence-electron chi connectivity index (χ4n) is 2.22. The second-order valence-electron chi connectivity index (χ2n) is 6.04.